The van der Waals surface area contributed by atoms with E-state index in [2.05, 4.69) is 10.6 Å². The van der Waals surface area contributed by atoms with Crippen molar-refractivity contribution in [3.8, 4) is 6.07 Å². The van der Waals surface area contributed by atoms with Crippen LogP contribution >= 0.6 is 0 Å². The fourth-order valence-electron chi connectivity index (χ4n) is 2.39. The Balaban J connectivity index is 2.83. The number of nitriles is 1. The van der Waals surface area contributed by atoms with Gasteiger partial charge >= 0.3 is 0 Å². The molecule has 2 atom stereocenters. The minimum absolute atomic E-state index is 0.188. The van der Waals surface area contributed by atoms with Crippen LogP contribution in [0.25, 0.3) is 0 Å². The van der Waals surface area contributed by atoms with E-state index in [9.17, 15) is 14.4 Å². The fourth-order valence-corrected chi connectivity index (χ4v) is 2.39. The Hall–Kier alpha value is -2.88. The van der Waals surface area contributed by atoms with Gasteiger partial charge in [0.1, 0.15) is 12.1 Å². The molecule has 0 bridgehead atoms. The zero-order valence-electron chi connectivity index (χ0n) is 14.7. The maximum Gasteiger partial charge on any atom is 0.243 e. The van der Waals surface area contributed by atoms with Crippen molar-refractivity contribution in [1.29, 1.82) is 5.26 Å². The van der Waals surface area contributed by atoms with Gasteiger partial charge in [0.25, 0.3) is 0 Å². The van der Waals surface area contributed by atoms with Crippen molar-refractivity contribution in [2.24, 2.45) is 11.7 Å². The van der Waals surface area contributed by atoms with Crippen LogP contribution in [0.1, 0.15) is 38.3 Å². The average molecular weight is 344 g/mol. The van der Waals surface area contributed by atoms with E-state index in [4.69, 9.17) is 11.0 Å². The summed E-state index contributed by atoms with van der Waals surface area (Å²) in [7, 11) is 0. The van der Waals surface area contributed by atoms with E-state index in [-0.39, 0.29) is 18.2 Å². The third-order valence-corrected chi connectivity index (χ3v) is 3.58. The van der Waals surface area contributed by atoms with Gasteiger partial charge in [0, 0.05) is 13.3 Å². The maximum absolute atomic E-state index is 12.4. The maximum atomic E-state index is 12.4. The topological polar surface area (TPSA) is 125 Å². The Bertz CT molecular complexity index is 662. The Labute approximate surface area is 147 Å². The summed E-state index contributed by atoms with van der Waals surface area (Å²) in [5, 5.41) is 14.0. The molecule has 25 heavy (non-hydrogen) atoms. The monoisotopic (exact) mass is 344 g/mol. The second-order valence-electron chi connectivity index (χ2n) is 6.36. The zero-order chi connectivity index (χ0) is 19.0. The molecule has 1 rings (SSSR count). The Kier molecular flexibility index (Phi) is 7.60. The first-order chi connectivity index (χ1) is 11.7. The summed E-state index contributed by atoms with van der Waals surface area (Å²) in [4.78, 5) is 35.4. The van der Waals surface area contributed by atoms with Crippen molar-refractivity contribution in [3.63, 3.8) is 0 Å². The third-order valence-electron chi connectivity index (χ3n) is 3.58. The van der Waals surface area contributed by atoms with Crippen molar-refractivity contribution in [2.75, 3.05) is 0 Å². The molecule has 1 aromatic carbocycles. The van der Waals surface area contributed by atoms with Crippen LogP contribution in [-0.4, -0.2) is 29.8 Å². The average Bonchev–Trinajstić information content (AvgIpc) is 2.53. The molecular weight excluding hydrogens is 320 g/mol. The number of hydrogen-bond acceptors (Lipinski definition) is 4. The molecule has 0 unspecified atom stereocenters. The SMILES string of the molecule is CC(=O)N[C@@H](CC(C)C)C(=O)N[C@@H](Cc1ccc(C#N)cc1)C(N)=O. The summed E-state index contributed by atoms with van der Waals surface area (Å²) in [6, 6.07) is 7.07. The quantitative estimate of drug-likeness (QED) is 0.639. The van der Waals surface area contributed by atoms with Gasteiger partial charge in [0.15, 0.2) is 0 Å². The van der Waals surface area contributed by atoms with Crippen molar-refractivity contribution in [3.05, 3.63) is 35.4 Å². The highest BCUT2D eigenvalue weighted by Gasteiger charge is 2.25. The van der Waals surface area contributed by atoms with Gasteiger partial charge in [0.05, 0.1) is 11.6 Å². The van der Waals surface area contributed by atoms with Gasteiger partial charge in [-0.2, -0.15) is 5.26 Å². The second kappa shape index (κ2) is 9.42. The van der Waals surface area contributed by atoms with Crippen LogP contribution in [0.4, 0.5) is 0 Å². The van der Waals surface area contributed by atoms with Gasteiger partial charge < -0.3 is 16.4 Å². The largest absolute Gasteiger partial charge is 0.368 e. The van der Waals surface area contributed by atoms with Crippen LogP contribution in [0.15, 0.2) is 24.3 Å². The molecule has 0 radical (unpaired) electrons. The molecule has 3 amide bonds. The number of nitrogens with zero attached hydrogens (tertiary/aromatic N) is 1. The number of benzene rings is 1. The third kappa shape index (κ3) is 7.04. The molecule has 7 nitrogen and oxygen atoms in total. The smallest absolute Gasteiger partial charge is 0.243 e. The van der Waals surface area contributed by atoms with Gasteiger partial charge in [-0.15, -0.1) is 0 Å². The highest BCUT2D eigenvalue weighted by Crippen LogP contribution is 2.09. The minimum atomic E-state index is -0.899. The van der Waals surface area contributed by atoms with Gasteiger partial charge in [-0.1, -0.05) is 26.0 Å². The molecule has 0 aromatic heterocycles. The molecular formula is C18H24N4O3. The van der Waals surface area contributed by atoms with E-state index in [0.29, 0.717) is 12.0 Å². The number of nitrogens with two attached hydrogens (primary N) is 1. The van der Waals surface area contributed by atoms with Crippen LogP contribution < -0.4 is 16.4 Å². The van der Waals surface area contributed by atoms with Crippen LogP contribution in [0.2, 0.25) is 0 Å². The van der Waals surface area contributed by atoms with Crippen molar-refractivity contribution >= 4 is 17.7 Å². The van der Waals surface area contributed by atoms with E-state index < -0.39 is 23.9 Å². The van der Waals surface area contributed by atoms with Crippen molar-refractivity contribution < 1.29 is 14.4 Å². The number of primary amides is 1. The summed E-state index contributed by atoms with van der Waals surface area (Å²) in [6.45, 7) is 5.21. The van der Waals surface area contributed by atoms with Crippen LogP contribution in [0, 0.1) is 17.2 Å². The van der Waals surface area contributed by atoms with E-state index in [0.717, 1.165) is 5.56 Å². The highest BCUT2D eigenvalue weighted by molar-refractivity contribution is 5.91. The zero-order valence-corrected chi connectivity index (χ0v) is 14.7. The normalized spacial score (nSPS) is 12.8. The van der Waals surface area contributed by atoms with E-state index in [1.165, 1.54) is 6.92 Å². The molecule has 0 aliphatic heterocycles. The van der Waals surface area contributed by atoms with Crippen molar-refractivity contribution in [2.45, 2.75) is 45.7 Å². The van der Waals surface area contributed by atoms with E-state index in [1.54, 1.807) is 24.3 Å². The number of hydrogen-bond donors (Lipinski definition) is 3. The van der Waals surface area contributed by atoms with Gasteiger partial charge in [-0.05, 0) is 30.0 Å². The lowest BCUT2D eigenvalue weighted by atomic mass is 10.0. The minimum Gasteiger partial charge on any atom is -0.368 e. The standard InChI is InChI=1S/C18H24N4O3/c1-11(2)8-16(21-12(3)23)18(25)22-15(17(20)24)9-13-4-6-14(10-19)7-5-13/h4-7,11,15-16H,8-9H2,1-3H3,(H2,20,24)(H,21,23)(H,22,25)/t15-,16-/m0/s1. The summed E-state index contributed by atoms with van der Waals surface area (Å²) < 4.78 is 0. The molecule has 134 valence electrons. The first-order valence-electron chi connectivity index (χ1n) is 8.08. The lowest BCUT2D eigenvalue weighted by Crippen LogP contribution is -2.53. The molecule has 0 aliphatic rings. The van der Waals surface area contributed by atoms with Gasteiger partial charge in [0.2, 0.25) is 17.7 Å². The lowest BCUT2D eigenvalue weighted by molar-refractivity contribution is -0.131. The summed E-state index contributed by atoms with van der Waals surface area (Å²) in [5.74, 6) is -1.23. The number of nitrogens with one attached hydrogen (secondary N) is 2. The molecule has 0 saturated heterocycles. The Morgan fingerprint density at radius 3 is 2.16 bits per heavy atom. The Morgan fingerprint density at radius 2 is 1.72 bits per heavy atom. The molecule has 1 aromatic rings. The molecule has 0 saturated carbocycles. The predicted molar refractivity (Wildman–Crippen MR) is 93.0 cm³/mol. The summed E-state index contributed by atoms with van der Waals surface area (Å²) >= 11 is 0. The predicted octanol–water partition coefficient (Wildman–Crippen LogP) is 0.622. The second-order valence-corrected chi connectivity index (χ2v) is 6.36. The highest BCUT2D eigenvalue weighted by atomic mass is 16.2. The van der Waals surface area contributed by atoms with Gasteiger partial charge in [-0.3, -0.25) is 14.4 Å². The summed E-state index contributed by atoms with van der Waals surface area (Å²) in [6.07, 6.45) is 0.662. The first kappa shape index (κ1) is 20.2. The Morgan fingerprint density at radius 1 is 1.12 bits per heavy atom. The lowest BCUT2D eigenvalue weighted by Gasteiger charge is -2.22. The van der Waals surface area contributed by atoms with Crippen LogP contribution in [0.3, 0.4) is 0 Å². The molecule has 4 N–H and O–H groups in total. The number of carbonyl (C=O) groups excluding carboxylic acids is 3. The number of carbonyl (C=O) groups is 3. The van der Waals surface area contributed by atoms with Crippen molar-refractivity contribution in [1.82, 2.24) is 10.6 Å². The summed E-state index contributed by atoms with van der Waals surface area (Å²) in [5.41, 5.74) is 6.67. The van der Waals surface area contributed by atoms with E-state index in [1.807, 2.05) is 19.9 Å². The molecule has 0 spiro atoms. The first-order valence-corrected chi connectivity index (χ1v) is 8.08. The van der Waals surface area contributed by atoms with Gasteiger partial charge in [-0.25, -0.2) is 0 Å². The molecule has 0 fully saturated rings. The van der Waals surface area contributed by atoms with Crippen LogP contribution in [-0.2, 0) is 20.8 Å². The number of rotatable bonds is 8. The van der Waals surface area contributed by atoms with Crippen LogP contribution in [0.5, 0.6) is 0 Å². The molecule has 7 heteroatoms. The molecule has 0 heterocycles. The fraction of sp³-hybridized carbons (Fsp3) is 0.444. The number of amides is 3. The van der Waals surface area contributed by atoms with E-state index >= 15 is 0 Å². The molecule has 0 aliphatic carbocycles.